The summed E-state index contributed by atoms with van der Waals surface area (Å²) in [5.74, 6) is -1.67. The average molecular weight is 431 g/mol. The lowest BCUT2D eigenvalue weighted by Gasteiger charge is -2.42. The fourth-order valence-electron chi connectivity index (χ4n) is 4.23. The first kappa shape index (κ1) is 22.8. The molecule has 1 fully saturated rings. The first-order chi connectivity index (χ1) is 14.8. The Morgan fingerprint density at radius 3 is 2.48 bits per heavy atom. The third-order valence-electron chi connectivity index (χ3n) is 5.86. The number of benzene rings is 1. The molecular weight excluding hydrogens is 400 g/mol. The Labute approximate surface area is 182 Å². The van der Waals surface area contributed by atoms with E-state index in [9.17, 15) is 19.6 Å². The van der Waals surface area contributed by atoms with Crippen LogP contribution in [0.4, 0.5) is 4.79 Å². The molecule has 0 aliphatic carbocycles. The molecule has 0 radical (unpaired) electrons. The largest absolute Gasteiger partial charge is 0.445 e. The summed E-state index contributed by atoms with van der Waals surface area (Å²) in [4.78, 5) is 42.4. The molecule has 1 saturated heterocycles. The summed E-state index contributed by atoms with van der Waals surface area (Å²) in [7, 11) is 4.88. The van der Waals surface area contributed by atoms with Crippen LogP contribution in [0.2, 0.25) is 0 Å². The molecule has 3 amide bonds. The SMILES string of the molecule is CN(C)C(=O)OC1CC(C(=O)NO)C(C(=O)N2CC=C(c3ccccc3)CC2)N(C)C1. The number of piperidine rings is 1. The van der Waals surface area contributed by atoms with Gasteiger partial charge in [0.15, 0.2) is 0 Å². The van der Waals surface area contributed by atoms with Crippen LogP contribution in [-0.4, -0.2) is 90.7 Å². The zero-order chi connectivity index (χ0) is 22.5. The third-order valence-corrected chi connectivity index (χ3v) is 5.86. The van der Waals surface area contributed by atoms with Crippen molar-refractivity contribution in [2.24, 2.45) is 5.92 Å². The van der Waals surface area contributed by atoms with Gasteiger partial charge in [0.25, 0.3) is 0 Å². The van der Waals surface area contributed by atoms with Crippen LogP contribution in [0.1, 0.15) is 18.4 Å². The summed E-state index contributed by atoms with van der Waals surface area (Å²) in [6, 6.07) is 9.30. The Kier molecular flexibility index (Phi) is 7.29. The van der Waals surface area contributed by atoms with Gasteiger partial charge >= 0.3 is 6.09 Å². The minimum Gasteiger partial charge on any atom is -0.445 e. The number of carbonyl (C=O) groups is 3. The number of carbonyl (C=O) groups excluding carboxylic acids is 3. The van der Waals surface area contributed by atoms with Crippen molar-refractivity contribution < 1.29 is 24.3 Å². The van der Waals surface area contributed by atoms with E-state index in [-0.39, 0.29) is 12.3 Å². The number of hydroxylamine groups is 1. The molecule has 1 aromatic carbocycles. The molecule has 0 saturated carbocycles. The average Bonchev–Trinajstić information content (AvgIpc) is 2.78. The molecule has 2 heterocycles. The van der Waals surface area contributed by atoms with Gasteiger partial charge in [-0.3, -0.25) is 19.7 Å². The molecule has 0 aromatic heterocycles. The molecule has 2 aliphatic heterocycles. The van der Waals surface area contributed by atoms with E-state index in [1.54, 1.807) is 36.4 Å². The van der Waals surface area contributed by atoms with Gasteiger partial charge in [0.05, 0.1) is 5.92 Å². The van der Waals surface area contributed by atoms with Gasteiger partial charge in [0, 0.05) is 33.7 Å². The second kappa shape index (κ2) is 9.93. The summed E-state index contributed by atoms with van der Waals surface area (Å²) >= 11 is 0. The van der Waals surface area contributed by atoms with E-state index in [0.717, 1.165) is 12.0 Å². The number of nitrogens with zero attached hydrogens (tertiary/aromatic N) is 3. The second-order valence-corrected chi connectivity index (χ2v) is 8.23. The van der Waals surface area contributed by atoms with E-state index in [0.29, 0.717) is 19.6 Å². The highest BCUT2D eigenvalue weighted by Gasteiger charge is 2.45. The molecule has 3 rings (SSSR count). The summed E-state index contributed by atoms with van der Waals surface area (Å²) in [5.41, 5.74) is 4.01. The number of rotatable bonds is 4. The summed E-state index contributed by atoms with van der Waals surface area (Å²) in [5, 5.41) is 9.23. The van der Waals surface area contributed by atoms with Crippen molar-refractivity contribution in [1.82, 2.24) is 20.2 Å². The molecule has 2 aliphatic rings. The second-order valence-electron chi connectivity index (χ2n) is 8.23. The van der Waals surface area contributed by atoms with Crippen molar-refractivity contribution in [3.8, 4) is 0 Å². The normalized spacial score (nSPS) is 24.2. The van der Waals surface area contributed by atoms with Crippen LogP contribution in [-0.2, 0) is 14.3 Å². The number of ether oxygens (including phenoxy) is 1. The number of likely N-dealkylation sites (N-methyl/N-ethyl adjacent to an activating group) is 1. The van der Waals surface area contributed by atoms with E-state index in [1.165, 1.54) is 10.5 Å². The summed E-state index contributed by atoms with van der Waals surface area (Å²) in [6.07, 6.45) is 1.86. The summed E-state index contributed by atoms with van der Waals surface area (Å²) in [6.45, 7) is 1.33. The van der Waals surface area contributed by atoms with E-state index in [2.05, 4.69) is 12.1 Å². The van der Waals surface area contributed by atoms with Gasteiger partial charge in [0.2, 0.25) is 11.8 Å². The van der Waals surface area contributed by atoms with E-state index in [1.807, 2.05) is 24.3 Å². The quantitative estimate of drug-likeness (QED) is 0.550. The van der Waals surface area contributed by atoms with Crippen LogP contribution in [0.25, 0.3) is 5.57 Å². The lowest BCUT2D eigenvalue weighted by molar-refractivity contribution is -0.151. The van der Waals surface area contributed by atoms with Crippen LogP contribution in [0.15, 0.2) is 36.4 Å². The van der Waals surface area contributed by atoms with Crippen LogP contribution in [0, 0.1) is 5.92 Å². The molecule has 0 spiro atoms. The van der Waals surface area contributed by atoms with Crippen molar-refractivity contribution in [2.45, 2.75) is 25.0 Å². The molecule has 3 unspecified atom stereocenters. The Hall–Kier alpha value is -2.91. The van der Waals surface area contributed by atoms with Gasteiger partial charge in [-0.25, -0.2) is 10.3 Å². The molecule has 168 valence electrons. The monoisotopic (exact) mass is 430 g/mol. The van der Waals surface area contributed by atoms with E-state index < -0.39 is 30.1 Å². The minimum atomic E-state index is -0.837. The highest BCUT2D eigenvalue weighted by atomic mass is 16.6. The maximum absolute atomic E-state index is 13.4. The molecular formula is C22H30N4O5. The van der Waals surface area contributed by atoms with Gasteiger partial charge in [-0.2, -0.15) is 0 Å². The van der Waals surface area contributed by atoms with Gasteiger partial charge < -0.3 is 14.5 Å². The predicted molar refractivity (Wildman–Crippen MR) is 114 cm³/mol. The first-order valence-electron chi connectivity index (χ1n) is 10.4. The van der Waals surface area contributed by atoms with E-state index >= 15 is 0 Å². The molecule has 9 nitrogen and oxygen atoms in total. The Morgan fingerprint density at radius 2 is 1.90 bits per heavy atom. The topological polar surface area (TPSA) is 102 Å². The van der Waals surface area contributed by atoms with Crippen molar-refractivity contribution in [3.05, 3.63) is 42.0 Å². The Morgan fingerprint density at radius 1 is 1.19 bits per heavy atom. The lowest BCUT2D eigenvalue weighted by Crippen LogP contribution is -2.60. The molecule has 1 aromatic rings. The van der Waals surface area contributed by atoms with Crippen LogP contribution in [0.3, 0.4) is 0 Å². The third kappa shape index (κ3) is 5.23. The maximum atomic E-state index is 13.4. The van der Waals surface area contributed by atoms with Gasteiger partial charge in [-0.15, -0.1) is 0 Å². The molecule has 31 heavy (non-hydrogen) atoms. The Bertz CT molecular complexity index is 842. The number of nitrogens with one attached hydrogen (secondary N) is 1. The summed E-state index contributed by atoms with van der Waals surface area (Å²) < 4.78 is 5.43. The molecule has 3 atom stereocenters. The zero-order valence-corrected chi connectivity index (χ0v) is 18.2. The van der Waals surface area contributed by atoms with Crippen molar-refractivity contribution in [2.75, 3.05) is 40.8 Å². The highest BCUT2D eigenvalue weighted by molar-refractivity contribution is 5.90. The number of likely N-dealkylation sites (tertiary alicyclic amines) is 1. The highest BCUT2D eigenvalue weighted by Crippen LogP contribution is 2.29. The van der Waals surface area contributed by atoms with Crippen molar-refractivity contribution in [1.29, 1.82) is 0 Å². The predicted octanol–water partition coefficient (Wildman–Crippen LogP) is 1.19. The standard InChI is InChI=1S/C22H30N4O5/c1-24(2)22(29)31-17-13-18(20(27)23-30)19(25(3)14-17)21(28)26-11-9-16(10-12-26)15-7-5-4-6-8-15/h4-9,17-19,30H,10-14H2,1-3H3,(H,23,27). The van der Waals surface area contributed by atoms with Crippen LogP contribution < -0.4 is 5.48 Å². The lowest BCUT2D eigenvalue weighted by atomic mass is 9.86. The van der Waals surface area contributed by atoms with Gasteiger partial charge in [-0.05, 0) is 31.0 Å². The minimum absolute atomic E-state index is 0.158. The number of hydrogen-bond donors (Lipinski definition) is 2. The molecule has 2 N–H and O–H groups in total. The van der Waals surface area contributed by atoms with Crippen LogP contribution in [0.5, 0.6) is 0 Å². The van der Waals surface area contributed by atoms with Crippen LogP contribution >= 0.6 is 0 Å². The number of amides is 3. The van der Waals surface area contributed by atoms with Crippen molar-refractivity contribution in [3.63, 3.8) is 0 Å². The fourth-order valence-corrected chi connectivity index (χ4v) is 4.23. The molecule has 9 heteroatoms. The van der Waals surface area contributed by atoms with E-state index in [4.69, 9.17) is 4.74 Å². The smallest absolute Gasteiger partial charge is 0.409 e. The number of hydrogen-bond acceptors (Lipinski definition) is 6. The zero-order valence-electron chi connectivity index (χ0n) is 18.2. The Balaban J connectivity index is 1.72. The fraction of sp³-hybridized carbons (Fsp3) is 0.500. The van der Waals surface area contributed by atoms with Gasteiger partial charge in [0.1, 0.15) is 12.1 Å². The first-order valence-corrected chi connectivity index (χ1v) is 10.4. The molecule has 0 bridgehead atoms. The van der Waals surface area contributed by atoms with Gasteiger partial charge in [-0.1, -0.05) is 36.4 Å². The van der Waals surface area contributed by atoms with Crippen molar-refractivity contribution >= 4 is 23.5 Å². The maximum Gasteiger partial charge on any atom is 0.409 e.